The molecule has 1 atom stereocenters. The number of carbonyl (C=O) groups is 2. The van der Waals surface area contributed by atoms with E-state index >= 15 is 0 Å². The minimum atomic E-state index is -4.28. The summed E-state index contributed by atoms with van der Waals surface area (Å²) in [6.07, 6.45) is 0. The maximum atomic E-state index is 13.9. The maximum absolute atomic E-state index is 13.9. The van der Waals surface area contributed by atoms with Crippen LogP contribution in [0.1, 0.15) is 33.3 Å². The number of anilines is 1. The fraction of sp³-hybridized carbons (Fsp3) is 0.333. The van der Waals surface area contributed by atoms with E-state index in [9.17, 15) is 22.4 Å². The molecule has 3 aromatic carbocycles. The molecule has 0 aromatic heterocycles. The fourth-order valence-electron chi connectivity index (χ4n) is 4.05. The predicted molar refractivity (Wildman–Crippen MR) is 155 cm³/mol. The van der Waals surface area contributed by atoms with Crippen LogP contribution in [0.3, 0.4) is 0 Å². The van der Waals surface area contributed by atoms with Gasteiger partial charge in [-0.1, -0.05) is 12.1 Å². The summed E-state index contributed by atoms with van der Waals surface area (Å²) in [7, 11) is -2.74. The van der Waals surface area contributed by atoms with Crippen LogP contribution in [-0.2, 0) is 26.2 Å². The molecular weight excluding hydrogens is 549 g/mol. The standard InChI is InChI=1S/C30H36FN3O6S/c1-6-40-27-15-17-28(18-16-27)41(37,38)34(25-11-9-24(31)10-12-25)20-29(35)33(22(4)30(36)32-21(2)3)19-23-7-13-26(39-5)14-8-23/h7-18,21-22H,6,19-20H2,1-5H3,(H,32,36)/t22-/m0/s1. The van der Waals surface area contributed by atoms with Gasteiger partial charge in [0.25, 0.3) is 10.0 Å². The van der Waals surface area contributed by atoms with Gasteiger partial charge in [0.1, 0.15) is 29.9 Å². The number of hydrogen-bond donors (Lipinski definition) is 1. The van der Waals surface area contributed by atoms with Gasteiger partial charge < -0.3 is 19.7 Å². The lowest BCUT2D eigenvalue weighted by Crippen LogP contribution is -2.52. The first-order valence-corrected chi connectivity index (χ1v) is 14.6. The second-order valence-electron chi connectivity index (χ2n) is 9.60. The lowest BCUT2D eigenvalue weighted by Gasteiger charge is -2.32. The highest BCUT2D eigenvalue weighted by molar-refractivity contribution is 7.92. The smallest absolute Gasteiger partial charge is 0.264 e. The van der Waals surface area contributed by atoms with E-state index in [2.05, 4.69) is 5.32 Å². The molecule has 11 heteroatoms. The molecule has 0 aliphatic heterocycles. The van der Waals surface area contributed by atoms with Gasteiger partial charge in [0, 0.05) is 12.6 Å². The average molecular weight is 586 g/mol. The van der Waals surface area contributed by atoms with Crippen molar-refractivity contribution >= 4 is 27.5 Å². The number of sulfonamides is 1. The van der Waals surface area contributed by atoms with Crippen LogP contribution < -0.4 is 19.1 Å². The Kier molecular flexibility index (Phi) is 10.7. The molecule has 3 aromatic rings. The Morgan fingerprint density at radius 3 is 2.02 bits per heavy atom. The van der Waals surface area contributed by atoms with Crippen LogP contribution in [0.5, 0.6) is 11.5 Å². The molecule has 0 unspecified atom stereocenters. The molecule has 0 saturated carbocycles. The van der Waals surface area contributed by atoms with Crippen LogP contribution >= 0.6 is 0 Å². The van der Waals surface area contributed by atoms with E-state index in [0.717, 1.165) is 16.4 Å². The van der Waals surface area contributed by atoms with Gasteiger partial charge in [-0.3, -0.25) is 13.9 Å². The second kappa shape index (κ2) is 14.0. The fourth-order valence-corrected chi connectivity index (χ4v) is 5.47. The third-order valence-electron chi connectivity index (χ3n) is 6.23. The summed E-state index contributed by atoms with van der Waals surface area (Å²) < 4.78 is 53.0. The number of benzene rings is 3. The van der Waals surface area contributed by atoms with Gasteiger partial charge in [0.15, 0.2) is 0 Å². The second-order valence-corrected chi connectivity index (χ2v) is 11.5. The summed E-state index contributed by atoms with van der Waals surface area (Å²) in [6.45, 7) is 6.83. The molecule has 220 valence electrons. The number of rotatable bonds is 13. The quantitative estimate of drug-likeness (QED) is 0.320. The maximum Gasteiger partial charge on any atom is 0.264 e. The predicted octanol–water partition coefficient (Wildman–Crippen LogP) is 4.37. The summed E-state index contributed by atoms with van der Waals surface area (Å²) in [6, 6.07) is 16.5. The molecule has 0 saturated heterocycles. The van der Waals surface area contributed by atoms with Gasteiger partial charge >= 0.3 is 0 Å². The van der Waals surface area contributed by atoms with Crippen molar-refractivity contribution in [3.63, 3.8) is 0 Å². The number of hydrogen-bond acceptors (Lipinski definition) is 6. The molecule has 0 aliphatic carbocycles. The van der Waals surface area contributed by atoms with Crippen LogP contribution in [0.25, 0.3) is 0 Å². The SMILES string of the molecule is CCOc1ccc(S(=O)(=O)N(CC(=O)N(Cc2ccc(OC)cc2)[C@@H](C)C(=O)NC(C)C)c2ccc(F)cc2)cc1. The first-order chi connectivity index (χ1) is 19.5. The van der Waals surface area contributed by atoms with E-state index in [1.54, 1.807) is 45.0 Å². The van der Waals surface area contributed by atoms with Crippen molar-refractivity contribution in [1.29, 1.82) is 0 Å². The Labute approximate surface area is 240 Å². The summed E-state index contributed by atoms with van der Waals surface area (Å²) in [4.78, 5) is 28.1. The number of nitrogens with zero attached hydrogens (tertiary/aromatic N) is 2. The van der Waals surface area contributed by atoms with Crippen LogP contribution in [0, 0.1) is 5.82 Å². The Balaban J connectivity index is 2.01. The van der Waals surface area contributed by atoms with Crippen molar-refractivity contribution in [2.75, 3.05) is 24.6 Å². The number of ether oxygens (including phenoxy) is 2. The Morgan fingerprint density at radius 1 is 0.902 bits per heavy atom. The zero-order valence-corrected chi connectivity index (χ0v) is 24.7. The highest BCUT2D eigenvalue weighted by Crippen LogP contribution is 2.26. The van der Waals surface area contributed by atoms with Gasteiger partial charge in [-0.15, -0.1) is 0 Å². The number of carbonyl (C=O) groups excluding carboxylic acids is 2. The zero-order valence-electron chi connectivity index (χ0n) is 23.8. The molecule has 2 amide bonds. The number of amides is 2. The molecule has 9 nitrogen and oxygen atoms in total. The van der Waals surface area contributed by atoms with Crippen molar-refractivity contribution in [3.05, 3.63) is 84.2 Å². The highest BCUT2D eigenvalue weighted by Gasteiger charge is 2.32. The summed E-state index contributed by atoms with van der Waals surface area (Å²) in [5.41, 5.74) is 0.809. The zero-order chi connectivity index (χ0) is 30.2. The van der Waals surface area contributed by atoms with Crippen molar-refractivity contribution < 1.29 is 31.9 Å². The Morgan fingerprint density at radius 2 is 1.49 bits per heavy atom. The molecule has 0 heterocycles. The molecular formula is C30H36FN3O6S. The van der Waals surface area contributed by atoms with Gasteiger partial charge in [0.2, 0.25) is 11.8 Å². The van der Waals surface area contributed by atoms with E-state index in [1.165, 1.54) is 48.4 Å². The minimum absolute atomic E-state index is 0.0376. The van der Waals surface area contributed by atoms with Crippen molar-refractivity contribution in [1.82, 2.24) is 10.2 Å². The van der Waals surface area contributed by atoms with Gasteiger partial charge in [0.05, 0.1) is 24.3 Å². The van der Waals surface area contributed by atoms with Crippen molar-refractivity contribution in [3.8, 4) is 11.5 Å². The number of halogens is 1. The van der Waals surface area contributed by atoms with Crippen LogP contribution in [0.15, 0.2) is 77.7 Å². The van der Waals surface area contributed by atoms with Crippen LogP contribution in [-0.4, -0.2) is 57.5 Å². The van der Waals surface area contributed by atoms with Gasteiger partial charge in [-0.25, -0.2) is 12.8 Å². The molecule has 0 fully saturated rings. The van der Waals surface area contributed by atoms with E-state index < -0.39 is 34.3 Å². The third-order valence-corrected chi connectivity index (χ3v) is 8.01. The number of nitrogens with one attached hydrogen (secondary N) is 1. The van der Waals surface area contributed by atoms with Crippen molar-refractivity contribution in [2.24, 2.45) is 0 Å². The van der Waals surface area contributed by atoms with E-state index in [1.807, 2.05) is 6.92 Å². The van der Waals surface area contributed by atoms with Crippen LogP contribution in [0.4, 0.5) is 10.1 Å². The number of methoxy groups -OCH3 is 1. The van der Waals surface area contributed by atoms with E-state index in [4.69, 9.17) is 9.47 Å². The lowest BCUT2D eigenvalue weighted by atomic mass is 10.1. The van der Waals surface area contributed by atoms with Gasteiger partial charge in [-0.2, -0.15) is 0 Å². The molecule has 0 aliphatic rings. The first kappa shape index (κ1) is 31.4. The normalized spacial score (nSPS) is 12.0. The monoisotopic (exact) mass is 585 g/mol. The lowest BCUT2D eigenvalue weighted by molar-refractivity contribution is -0.139. The van der Waals surface area contributed by atoms with Gasteiger partial charge in [-0.05, 0) is 93.9 Å². The largest absolute Gasteiger partial charge is 0.497 e. The van der Waals surface area contributed by atoms with E-state index in [-0.39, 0.29) is 29.1 Å². The molecule has 0 spiro atoms. The van der Waals surface area contributed by atoms with E-state index in [0.29, 0.717) is 23.7 Å². The third kappa shape index (κ3) is 8.20. The molecule has 3 rings (SSSR count). The molecule has 0 bridgehead atoms. The average Bonchev–Trinajstić information content (AvgIpc) is 2.95. The highest BCUT2D eigenvalue weighted by atomic mass is 32.2. The topological polar surface area (TPSA) is 105 Å². The first-order valence-electron chi connectivity index (χ1n) is 13.2. The Bertz CT molecular complexity index is 1410. The summed E-state index contributed by atoms with van der Waals surface area (Å²) in [5, 5.41) is 2.81. The van der Waals surface area contributed by atoms with Crippen molar-refractivity contribution in [2.45, 2.75) is 51.2 Å². The molecule has 1 N–H and O–H groups in total. The minimum Gasteiger partial charge on any atom is -0.497 e. The van der Waals surface area contributed by atoms with Crippen LogP contribution in [0.2, 0.25) is 0 Å². The Hall–Kier alpha value is -4.12. The summed E-state index contributed by atoms with van der Waals surface area (Å²) >= 11 is 0. The molecule has 0 radical (unpaired) electrons. The molecule has 41 heavy (non-hydrogen) atoms. The summed E-state index contributed by atoms with van der Waals surface area (Å²) in [5.74, 6) is -0.443.